The minimum Gasteiger partial charge on any atom is -0.494 e. The van der Waals surface area contributed by atoms with Crippen molar-refractivity contribution in [2.24, 2.45) is 0 Å². The van der Waals surface area contributed by atoms with Crippen LogP contribution in [-0.2, 0) is 9.47 Å². The molecule has 0 radical (unpaired) electrons. The Balaban J connectivity index is 0.741. The van der Waals surface area contributed by atoms with Crippen LogP contribution < -0.4 is 18.9 Å². The lowest BCUT2D eigenvalue weighted by Gasteiger charge is -2.09. The van der Waals surface area contributed by atoms with E-state index >= 15 is 0 Å². The van der Waals surface area contributed by atoms with Gasteiger partial charge in [-0.05, 0) is 129 Å². The predicted molar refractivity (Wildman–Crippen MR) is 204 cm³/mol. The summed E-state index contributed by atoms with van der Waals surface area (Å²) in [5.41, 5.74) is 4.96. The number of unbranched alkanes of at least 4 members (excludes halogenated alkanes) is 1. The molecule has 0 bridgehead atoms. The molecule has 4 atom stereocenters. The molecule has 0 N–H and O–H groups in total. The van der Waals surface area contributed by atoms with Crippen LogP contribution in [0.1, 0.15) is 12.8 Å². The summed E-state index contributed by atoms with van der Waals surface area (Å²) in [5, 5.41) is 5.38. The van der Waals surface area contributed by atoms with Crippen LogP contribution in [0, 0.1) is 0 Å². The van der Waals surface area contributed by atoms with Crippen LogP contribution >= 0.6 is 16.4 Å². The van der Waals surface area contributed by atoms with Gasteiger partial charge in [-0.3, -0.25) is 0 Å². The Labute approximate surface area is 296 Å². The molecule has 0 saturated carbocycles. The van der Waals surface area contributed by atoms with Crippen molar-refractivity contribution >= 4 is 16.4 Å². The summed E-state index contributed by atoms with van der Waals surface area (Å²) in [5.74, 6) is 3.58. The van der Waals surface area contributed by atoms with E-state index in [1.807, 2.05) is 24.3 Å². The summed E-state index contributed by atoms with van der Waals surface area (Å²) in [7, 11) is 1.25. The third kappa shape index (κ3) is 8.82. The topological polar surface area (TPSA) is 62.0 Å². The second-order valence-electron chi connectivity index (χ2n) is 12.6. The Hall–Kier alpha value is -4.44. The molecule has 8 rings (SSSR count). The fourth-order valence-corrected chi connectivity index (χ4v) is 8.17. The summed E-state index contributed by atoms with van der Waals surface area (Å²) in [6, 6.07) is 42.6. The van der Waals surface area contributed by atoms with Crippen molar-refractivity contribution in [2.45, 2.75) is 25.0 Å². The first-order valence-electron chi connectivity index (χ1n) is 17.3. The second-order valence-corrected chi connectivity index (χ2v) is 15.3. The molecule has 6 aromatic rings. The Morgan fingerprint density at radius 2 is 0.680 bits per heavy atom. The monoisotopic (exact) mass is 702 g/mol. The van der Waals surface area contributed by atoms with Gasteiger partial charge in [-0.1, -0.05) is 48.5 Å². The maximum Gasteiger partial charge on any atom is 0.119 e. The van der Waals surface area contributed by atoms with Crippen molar-refractivity contribution in [1.82, 2.24) is 0 Å². The second kappa shape index (κ2) is 15.6. The van der Waals surface area contributed by atoms with Gasteiger partial charge >= 0.3 is 0 Å². The number of epoxide rings is 2. The molecule has 2 aliphatic rings. The molecule has 50 heavy (non-hydrogen) atoms. The minimum atomic E-state index is 0.269. The highest BCUT2D eigenvalue weighted by molar-refractivity contribution is 7.38. The molecule has 0 aliphatic carbocycles. The maximum absolute atomic E-state index is 6.03. The molecule has 4 heterocycles. The van der Waals surface area contributed by atoms with E-state index in [2.05, 4.69) is 97.1 Å². The molecule has 2 fully saturated rings. The molecule has 0 amide bonds. The average molecular weight is 703 g/mol. The lowest BCUT2D eigenvalue weighted by Crippen LogP contribution is -2.03. The number of rotatable bonds is 17. The first-order chi connectivity index (χ1) is 24.7. The minimum absolute atomic E-state index is 0.269. The van der Waals surface area contributed by atoms with Gasteiger partial charge in [-0.15, -0.1) is 16.4 Å². The molecule has 2 saturated heterocycles. The van der Waals surface area contributed by atoms with E-state index in [-0.39, 0.29) is 12.2 Å². The van der Waals surface area contributed by atoms with Crippen molar-refractivity contribution in [3.8, 4) is 66.4 Å². The van der Waals surface area contributed by atoms with Gasteiger partial charge in [-0.25, -0.2) is 0 Å². The van der Waals surface area contributed by atoms with Gasteiger partial charge in [0.05, 0.1) is 26.4 Å². The van der Waals surface area contributed by atoms with Crippen LogP contribution in [0.15, 0.2) is 121 Å². The number of ether oxygens (including phenoxy) is 6. The molecule has 4 unspecified atom stereocenters. The van der Waals surface area contributed by atoms with Gasteiger partial charge in [0.1, 0.15) is 48.4 Å². The molecule has 2 aromatic heterocycles. The highest BCUT2D eigenvalue weighted by atomic mass is 31.0. The molecular weight excluding hydrogens is 662 g/mol. The first kappa shape index (κ1) is 32.7. The summed E-state index contributed by atoms with van der Waals surface area (Å²) >= 11 is 0. The zero-order valence-electron chi connectivity index (χ0n) is 27.8. The van der Waals surface area contributed by atoms with E-state index in [0.29, 0.717) is 42.8 Å². The third-order valence-electron chi connectivity index (χ3n) is 8.79. The summed E-state index contributed by atoms with van der Waals surface area (Å²) in [6.07, 6.45) is 2.40. The van der Waals surface area contributed by atoms with E-state index in [4.69, 9.17) is 28.4 Å². The third-order valence-corrected chi connectivity index (χ3v) is 11.7. The van der Waals surface area contributed by atoms with Crippen molar-refractivity contribution in [2.75, 3.05) is 39.6 Å². The van der Waals surface area contributed by atoms with Crippen LogP contribution in [0.2, 0.25) is 0 Å². The highest BCUT2D eigenvalue weighted by Gasteiger charge is 2.23. The quantitative estimate of drug-likeness (QED) is 0.0697. The fourth-order valence-electron chi connectivity index (χ4n) is 5.68. The fraction of sp³-hybridized carbons (Fsp3) is 0.238. The van der Waals surface area contributed by atoms with E-state index in [9.17, 15) is 0 Å². The number of benzene rings is 4. The first-order valence-corrected chi connectivity index (χ1v) is 19.3. The van der Waals surface area contributed by atoms with Crippen LogP contribution in [0.25, 0.3) is 43.4 Å². The summed E-state index contributed by atoms with van der Waals surface area (Å²) < 4.78 is 34.1. The summed E-state index contributed by atoms with van der Waals surface area (Å²) in [4.78, 5) is 0. The standard InChI is InChI=1S/C42H40O6P2/c1(23-43-33-11-3-29(4-12-33)39-19-21-41(49-39)31-7-15-35(16-8-31)45-25-37-27-47-37)2-24-44-34-13-5-30(6-14-34)40-20-22-42(50-40)32-9-17-36(18-10-32)46-26-38-28-48-38/h3-22,37-38,49-50H,1-2,23-28H2. The van der Waals surface area contributed by atoms with Crippen LogP contribution in [0.3, 0.4) is 0 Å². The smallest absolute Gasteiger partial charge is 0.119 e. The van der Waals surface area contributed by atoms with Gasteiger partial charge in [0, 0.05) is 0 Å². The van der Waals surface area contributed by atoms with Gasteiger partial charge in [0.15, 0.2) is 0 Å². The Kier molecular flexibility index (Phi) is 10.2. The zero-order chi connectivity index (χ0) is 33.5. The molecule has 4 aromatic carbocycles. The van der Waals surface area contributed by atoms with E-state index < -0.39 is 0 Å². The van der Waals surface area contributed by atoms with Gasteiger partial charge in [0.2, 0.25) is 0 Å². The van der Waals surface area contributed by atoms with Gasteiger partial charge in [-0.2, -0.15) is 0 Å². The average Bonchev–Trinajstić information content (AvgIpc) is 4.08. The summed E-state index contributed by atoms with van der Waals surface area (Å²) in [6.45, 7) is 4.21. The predicted octanol–water partition coefficient (Wildman–Crippen LogP) is 10.2. The van der Waals surface area contributed by atoms with E-state index in [1.165, 1.54) is 43.4 Å². The molecule has 2 aliphatic heterocycles. The van der Waals surface area contributed by atoms with Crippen molar-refractivity contribution in [3.05, 3.63) is 121 Å². The van der Waals surface area contributed by atoms with Crippen LogP contribution in [-0.4, -0.2) is 51.8 Å². The van der Waals surface area contributed by atoms with Crippen LogP contribution in [0.5, 0.6) is 23.0 Å². The van der Waals surface area contributed by atoms with E-state index in [1.54, 1.807) is 0 Å². The van der Waals surface area contributed by atoms with Gasteiger partial charge < -0.3 is 28.4 Å². The Bertz CT molecular complexity index is 1810. The number of hydrogen-bond donors (Lipinski definition) is 0. The molecular formula is C42H40O6P2. The van der Waals surface area contributed by atoms with Crippen molar-refractivity contribution in [3.63, 3.8) is 0 Å². The molecule has 6 nitrogen and oxygen atoms in total. The Morgan fingerprint density at radius 3 is 0.960 bits per heavy atom. The van der Waals surface area contributed by atoms with Crippen LogP contribution in [0.4, 0.5) is 0 Å². The zero-order valence-corrected chi connectivity index (χ0v) is 29.8. The lowest BCUT2D eigenvalue weighted by atomic mass is 10.1. The SMILES string of the molecule is c1cc(-c2ccc(-c3ccc(OCC4CO4)cc3)[pH]2)ccc1OCCCCOc1ccc(-c2ccc(-c3ccc(OCC4CO4)cc3)[pH]2)cc1. The van der Waals surface area contributed by atoms with Crippen molar-refractivity contribution in [1.29, 1.82) is 0 Å². The highest BCUT2D eigenvalue weighted by Crippen LogP contribution is 2.41. The Morgan fingerprint density at radius 1 is 0.400 bits per heavy atom. The van der Waals surface area contributed by atoms with Gasteiger partial charge in [0.25, 0.3) is 0 Å². The largest absolute Gasteiger partial charge is 0.494 e. The molecule has 0 spiro atoms. The normalized spacial score (nSPS) is 16.5. The molecule has 254 valence electrons. The maximum atomic E-state index is 6.03. The van der Waals surface area contributed by atoms with E-state index in [0.717, 1.165) is 49.1 Å². The molecule has 8 heteroatoms. The lowest BCUT2D eigenvalue weighted by molar-refractivity contribution is 0.263. The van der Waals surface area contributed by atoms with Crippen molar-refractivity contribution < 1.29 is 28.4 Å². The number of hydrogen-bond acceptors (Lipinski definition) is 6.